The molecule has 1 aromatic heterocycles. The third-order valence-corrected chi connectivity index (χ3v) is 3.74. The number of hydrogen-bond acceptors (Lipinski definition) is 4. The van der Waals surface area contributed by atoms with E-state index in [4.69, 9.17) is 5.11 Å². The highest BCUT2D eigenvalue weighted by atomic mass is 16.4. The fourth-order valence-electron chi connectivity index (χ4n) is 2.76. The van der Waals surface area contributed by atoms with E-state index >= 15 is 0 Å². The molecule has 1 aromatic carbocycles. The fourth-order valence-corrected chi connectivity index (χ4v) is 2.76. The van der Waals surface area contributed by atoms with Gasteiger partial charge in [-0.3, -0.25) is 0 Å². The van der Waals surface area contributed by atoms with E-state index in [1.807, 2.05) is 0 Å². The Kier molecular flexibility index (Phi) is 2.94. The summed E-state index contributed by atoms with van der Waals surface area (Å²) in [4.78, 5) is 11.1. The molecule has 1 heterocycles. The van der Waals surface area contributed by atoms with Gasteiger partial charge in [0.1, 0.15) is 5.52 Å². The predicted octanol–water partition coefficient (Wildman–Crippen LogP) is 1.61. The lowest BCUT2D eigenvalue weighted by Crippen LogP contribution is -2.28. The average Bonchev–Trinajstić information content (AvgIpc) is 2.82. The van der Waals surface area contributed by atoms with Crippen LogP contribution in [0.5, 0.6) is 0 Å². The molecule has 6 heteroatoms. The normalized spacial score (nSPS) is 23.6. The van der Waals surface area contributed by atoms with Crippen molar-refractivity contribution in [1.29, 1.82) is 0 Å². The zero-order chi connectivity index (χ0) is 13.4. The molecule has 1 saturated carbocycles. The van der Waals surface area contributed by atoms with Crippen molar-refractivity contribution in [3.63, 3.8) is 0 Å². The van der Waals surface area contributed by atoms with E-state index in [0.717, 1.165) is 25.7 Å². The number of aromatic nitrogens is 3. The van der Waals surface area contributed by atoms with Gasteiger partial charge in [0.05, 0.1) is 23.2 Å². The number of benzene rings is 1. The minimum Gasteiger partial charge on any atom is -0.478 e. The number of hydrogen-bond donors (Lipinski definition) is 2. The van der Waals surface area contributed by atoms with Crippen LogP contribution in [0.1, 0.15) is 42.1 Å². The van der Waals surface area contributed by atoms with E-state index in [2.05, 4.69) is 10.3 Å². The molecule has 2 unspecified atom stereocenters. The summed E-state index contributed by atoms with van der Waals surface area (Å²) in [5, 5.41) is 27.2. The van der Waals surface area contributed by atoms with Crippen molar-refractivity contribution >= 4 is 17.0 Å². The molecule has 1 aliphatic rings. The molecule has 1 fully saturated rings. The third kappa shape index (κ3) is 1.98. The number of fused-ring (bicyclic) bond motifs is 1. The van der Waals surface area contributed by atoms with E-state index in [1.165, 1.54) is 6.07 Å². The van der Waals surface area contributed by atoms with Crippen molar-refractivity contribution in [2.24, 2.45) is 0 Å². The lowest BCUT2D eigenvalue weighted by molar-refractivity contribution is 0.0697. The number of aromatic carboxylic acids is 1. The zero-order valence-electron chi connectivity index (χ0n) is 10.4. The maximum Gasteiger partial charge on any atom is 0.338 e. The molecule has 0 aliphatic heterocycles. The molecule has 1 aliphatic carbocycles. The number of nitrogens with zero attached hydrogens (tertiary/aromatic N) is 3. The summed E-state index contributed by atoms with van der Waals surface area (Å²) in [6, 6.07) is 4.88. The number of aliphatic hydroxyl groups excluding tert-OH is 1. The fraction of sp³-hybridized carbons (Fsp3) is 0.462. The van der Waals surface area contributed by atoms with Gasteiger partial charge in [0.2, 0.25) is 0 Å². The summed E-state index contributed by atoms with van der Waals surface area (Å²) in [5.74, 6) is -1.01. The first-order valence-corrected chi connectivity index (χ1v) is 6.44. The van der Waals surface area contributed by atoms with Gasteiger partial charge < -0.3 is 10.2 Å². The SMILES string of the molecule is O=C(O)c1cccc2c1nnn2C1CCCCC1O. The van der Waals surface area contributed by atoms with Crippen LogP contribution in [-0.4, -0.2) is 37.3 Å². The van der Waals surface area contributed by atoms with Crippen molar-refractivity contribution in [3.05, 3.63) is 23.8 Å². The lowest BCUT2D eigenvalue weighted by atomic mass is 9.92. The highest BCUT2D eigenvalue weighted by molar-refractivity contribution is 6.00. The largest absolute Gasteiger partial charge is 0.478 e. The van der Waals surface area contributed by atoms with Crippen molar-refractivity contribution in [3.8, 4) is 0 Å². The van der Waals surface area contributed by atoms with Gasteiger partial charge in [0.25, 0.3) is 0 Å². The number of carboxylic acids is 1. The van der Waals surface area contributed by atoms with Gasteiger partial charge in [-0.1, -0.05) is 24.1 Å². The van der Waals surface area contributed by atoms with Crippen LogP contribution in [0.15, 0.2) is 18.2 Å². The van der Waals surface area contributed by atoms with Crippen LogP contribution in [0, 0.1) is 0 Å². The third-order valence-electron chi connectivity index (χ3n) is 3.74. The molecular weight excluding hydrogens is 246 g/mol. The molecule has 0 amide bonds. The Bertz CT molecular complexity index is 623. The molecular formula is C13H15N3O3. The van der Waals surface area contributed by atoms with Gasteiger partial charge in [-0.15, -0.1) is 5.10 Å². The van der Waals surface area contributed by atoms with Gasteiger partial charge in [0, 0.05) is 0 Å². The summed E-state index contributed by atoms with van der Waals surface area (Å²) in [6.07, 6.45) is 3.22. The Balaban J connectivity index is 2.10. The summed E-state index contributed by atoms with van der Waals surface area (Å²) in [6.45, 7) is 0. The van der Waals surface area contributed by atoms with Crippen LogP contribution in [0.25, 0.3) is 11.0 Å². The molecule has 100 valence electrons. The van der Waals surface area contributed by atoms with Crippen molar-refractivity contribution in [2.45, 2.75) is 37.8 Å². The molecule has 2 atom stereocenters. The van der Waals surface area contributed by atoms with Gasteiger partial charge in [0.15, 0.2) is 0 Å². The molecule has 19 heavy (non-hydrogen) atoms. The van der Waals surface area contributed by atoms with Crippen LogP contribution >= 0.6 is 0 Å². The Hall–Kier alpha value is -1.95. The first-order valence-electron chi connectivity index (χ1n) is 6.44. The van der Waals surface area contributed by atoms with Crippen LogP contribution in [0.2, 0.25) is 0 Å². The molecule has 0 saturated heterocycles. The van der Waals surface area contributed by atoms with Crippen LogP contribution in [0.3, 0.4) is 0 Å². The number of rotatable bonds is 2. The van der Waals surface area contributed by atoms with Gasteiger partial charge in [-0.25, -0.2) is 9.48 Å². The lowest BCUT2D eigenvalue weighted by Gasteiger charge is -2.27. The standard InChI is InChI=1S/C13H15N3O3/c17-11-7-2-1-5-9(11)16-10-6-3-4-8(13(18)19)12(10)14-15-16/h3-4,6,9,11,17H,1-2,5,7H2,(H,18,19). The molecule has 2 aromatic rings. The highest BCUT2D eigenvalue weighted by Gasteiger charge is 2.27. The Labute approximate surface area is 109 Å². The second-order valence-corrected chi connectivity index (χ2v) is 4.93. The number of carboxylic acid groups (broad SMARTS) is 1. The zero-order valence-corrected chi connectivity index (χ0v) is 10.4. The van der Waals surface area contributed by atoms with E-state index in [-0.39, 0.29) is 11.6 Å². The minimum atomic E-state index is -1.01. The minimum absolute atomic E-state index is 0.109. The Morgan fingerprint density at radius 1 is 1.32 bits per heavy atom. The molecule has 6 nitrogen and oxygen atoms in total. The topological polar surface area (TPSA) is 88.2 Å². The smallest absolute Gasteiger partial charge is 0.338 e. The van der Waals surface area contributed by atoms with Gasteiger partial charge >= 0.3 is 5.97 Å². The van der Waals surface area contributed by atoms with Crippen LogP contribution < -0.4 is 0 Å². The first kappa shape index (κ1) is 12.1. The second-order valence-electron chi connectivity index (χ2n) is 4.93. The first-order chi connectivity index (χ1) is 9.18. The molecule has 0 radical (unpaired) electrons. The summed E-state index contributed by atoms with van der Waals surface area (Å²) < 4.78 is 1.67. The molecule has 2 N–H and O–H groups in total. The maximum absolute atomic E-state index is 11.1. The number of carbonyl (C=O) groups is 1. The second kappa shape index (κ2) is 4.62. The van der Waals surface area contributed by atoms with Crippen LogP contribution in [-0.2, 0) is 0 Å². The number of aliphatic hydroxyl groups is 1. The quantitative estimate of drug-likeness (QED) is 0.857. The van der Waals surface area contributed by atoms with Crippen molar-refractivity contribution < 1.29 is 15.0 Å². The van der Waals surface area contributed by atoms with Crippen molar-refractivity contribution in [2.75, 3.05) is 0 Å². The monoisotopic (exact) mass is 261 g/mol. The molecule has 0 spiro atoms. The average molecular weight is 261 g/mol. The van der Waals surface area contributed by atoms with E-state index < -0.39 is 12.1 Å². The van der Waals surface area contributed by atoms with Gasteiger partial charge in [-0.05, 0) is 25.0 Å². The van der Waals surface area contributed by atoms with Crippen LogP contribution in [0.4, 0.5) is 0 Å². The summed E-state index contributed by atoms with van der Waals surface area (Å²) in [5.41, 5.74) is 1.20. The molecule has 3 rings (SSSR count). The predicted molar refractivity (Wildman–Crippen MR) is 68.0 cm³/mol. The van der Waals surface area contributed by atoms with Gasteiger partial charge in [-0.2, -0.15) is 0 Å². The van der Waals surface area contributed by atoms with E-state index in [1.54, 1.807) is 16.8 Å². The summed E-state index contributed by atoms with van der Waals surface area (Å²) >= 11 is 0. The molecule has 0 bridgehead atoms. The Morgan fingerprint density at radius 3 is 2.84 bits per heavy atom. The maximum atomic E-state index is 11.1. The van der Waals surface area contributed by atoms with Crippen molar-refractivity contribution in [1.82, 2.24) is 15.0 Å². The van der Waals surface area contributed by atoms with E-state index in [9.17, 15) is 9.90 Å². The van der Waals surface area contributed by atoms with E-state index in [0.29, 0.717) is 11.0 Å². The summed E-state index contributed by atoms with van der Waals surface area (Å²) in [7, 11) is 0. The Morgan fingerprint density at radius 2 is 2.11 bits per heavy atom. The highest BCUT2D eigenvalue weighted by Crippen LogP contribution is 2.30.